The van der Waals surface area contributed by atoms with Gasteiger partial charge in [-0.2, -0.15) is 0 Å². The second-order valence-corrected chi connectivity index (χ2v) is 3.45. The van der Waals surface area contributed by atoms with Gasteiger partial charge in [0, 0.05) is 13.3 Å². The Morgan fingerprint density at radius 2 is 2.20 bits per heavy atom. The number of hydrogen-bond donors (Lipinski definition) is 0. The van der Waals surface area contributed by atoms with Crippen molar-refractivity contribution in [2.75, 3.05) is 7.11 Å². The van der Waals surface area contributed by atoms with E-state index in [1.165, 1.54) is 6.92 Å². The number of carbonyl (C=O) groups is 1. The molecule has 1 aliphatic rings. The standard InChI is InChI=1S/C12H12O3/c1-8(13)15-12-5-9-3-4-11(14-2)6-10(9)7-12/h3-4,6-7H,5H2,1-2H3. The van der Waals surface area contributed by atoms with Crippen LogP contribution in [0.5, 0.6) is 5.75 Å². The first-order valence-corrected chi connectivity index (χ1v) is 4.75. The van der Waals surface area contributed by atoms with Gasteiger partial charge in [0.2, 0.25) is 0 Å². The first kappa shape index (κ1) is 9.77. The quantitative estimate of drug-likeness (QED) is 0.692. The minimum Gasteiger partial charge on any atom is -0.497 e. The van der Waals surface area contributed by atoms with Crippen molar-refractivity contribution in [2.45, 2.75) is 13.3 Å². The fourth-order valence-corrected chi connectivity index (χ4v) is 1.66. The van der Waals surface area contributed by atoms with Gasteiger partial charge < -0.3 is 9.47 Å². The van der Waals surface area contributed by atoms with Crippen molar-refractivity contribution < 1.29 is 14.3 Å². The maximum atomic E-state index is 10.8. The van der Waals surface area contributed by atoms with Crippen LogP contribution in [-0.2, 0) is 16.0 Å². The van der Waals surface area contributed by atoms with Crippen LogP contribution < -0.4 is 4.74 Å². The highest BCUT2D eigenvalue weighted by molar-refractivity contribution is 5.71. The van der Waals surface area contributed by atoms with Crippen molar-refractivity contribution in [1.29, 1.82) is 0 Å². The lowest BCUT2D eigenvalue weighted by Crippen LogP contribution is -1.98. The molecule has 0 radical (unpaired) electrons. The second-order valence-electron chi connectivity index (χ2n) is 3.45. The van der Waals surface area contributed by atoms with E-state index in [9.17, 15) is 4.79 Å². The molecule has 1 aliphatic carbocycles. The topological polar surface area (TPSA) is 35.5 Å². The number of hydrogen-bond acceptors (Lipinski definition) is 3. The molecule has 0 saturated heterocycles. The molecular formula is C12H12O3. The molecule has 3 nitrogen and oxygen atoms in total. The van der Waals surface area contributed by atoms with Crippen LogP contribution in [0.2, 0.25) is 0 Å². The van der Waals surface area contributed by atoms with Gasteiger partial charge >= 0.3 is 5.97 Å². The van der Waals surface area contributed by atoms with E-state index >= 15 is 0 Å². The molecule has 0 bridgehead atoms. The van der Waals surface area contributed by atoms with Crippen molar-refractivity contribution in [3.05, 3.63) is 35.1 Å². The number of fused-ring (bicyclic) bond motifs is 1. The average molecular weight is 204 g/mol. The van der Waals surface area contributed by atoms with Gasteiger partial charge in [-0.15, -0.1) is 0 Å². The largest absolute Gasteiger partial charge is 0.497 e. The van der Waals surface area contributed by atoms with Crippen molar-refractivity contribution in [3.8, 4) is 5.75 Å². The van der Waals surface area contributed by atoms with Crippen molar-refractivity contribution in [3.63, 3.8) is 0 Å². The summed E-state index contributed by atoms with van der Waals surface area (Å²) in [5.74, 6) is 1.24. The molecule has 0 aliphatic heterocycles. The summed E-state index contributed by atoms with van der Waals surface area (Å²) < 4.78 is 10.2. The minimum atomic E-state index is -0.277. The van der Waals surface area contributed by atoms with Crippen molar-refractivity contribution >= 4 is 12.0 Å². The third kappa shape index (κ3) is 2.01. The van der Waals surface area contributed by atoms with Crippen LogP contribution >= 0.6 is 0 Å². The van der Waals surface area contributed by atoms with Gasteiger partial charge in [0.25, 0.3) is 0 Å². The van der Waals surface area contributed by atoms with Gasteiger partial charge in [-0.1, -0.05) is 6.07 Å². The smallest absolute Gasteiger partial charge is 0.307 e. The molecule has 1 aromatic carbocycles. The number of rotatable bonds is 2. The summed E-state index contributed by atoms with van der Waals surface area (Å²) in [4.78, 5) is 10.8. The lowest BCUT2D eigenvalue weighted by Gasteiger charge is -2.02. The Morgan fingerprint density at radius 1 is 1.40 bits per heavy atom. The van der Waals surface area contributed by atoms with E-state index in [1.54, 1.807) is 7.11 Å². The molecule has 0 amide bonds. The molecule has 0 fully saturated rings. The highest BCUT2D eigenvalue weighted by Crippen LogP contribution is 2.28. The van der Waals surface area contributed by atoms with Gasteiger partial charge in [0.1, 0.15) is 11.5 Å². The van der Waals surface area contributed by atoms with Gasteiger partial charge in [-0.25, -0.2) is 0 Å². The lowest BCUT2D eigenvalue weighted by molar-refractivity contribution is -0.136. The summed E-state index contributed by atoms with van der Waals surface area (Å²) in [6.07, 6.45) is 2.55. The average Bonchev–Trinajstić information content (AvgIpc) is 2.57. The van der Waals surface area contributed by atoms with Gasteiger partial charge in [0.05, 0.1) is 7.11 Å². The monoisotopic (exact) mass is 204 g/mol. The van der Waals surface area contributed by atoms with Crippen LogP contribution in [0.1, 0.15) is 18.1 Å². The number of allylic oxidation sites excluding steroid dienone is 1. The zero-order valence-electron chi connectivity index (χ0n) is 8.74. The Kier molecular flexibility index (Phi) is 2.46. The SMILES string of the molecule is COc1ccc2c(c1)C=C(OC(C)=O)C2. The van der Waals surface area contributed by atoms with Crippen LogP contribution in [0.3, 0.4) is 0 Å². The molecule has 0 N–H and O–H groups in total. The summed E-state index contributed by atoms with van der Waals surface area (Å²) in [5.41, 5.74) is 2.22. The Balaban J connectivity index is 2.24. The molecule has 0 atom stereocenters. The number of carbonyl (C=O) groups excluding carboxylic acids is 1. The summed E-state index contributed by atoms with van der Waals surface area (Å²) >= 11 is 0. The van der Waals surface area contributed by atoms with Gasteiger partial charge in [-0.05, 0) is 29.3 Å². The van der Waals surface area contributed by atoms with E-state index in [0.29, 0.717) is 12.2 Å². The maximum Gasteiger partial charge on any atom is 0.307 e. The first-order valence-electron chi connectivity index (χ1n) is 4.75. The zero-order valence-corrected chi connectivity index (χ0v) is 8.74. The third-order valence-corrected chi connectivity index (χ3v) is 2.31. The summed E-state index contributed by atoms with van der Waals surface area (Å²) in [7, 11) is 1.63. The van der Waals surface area contributed by atoms with Crippen molar-refractivity contribution in [1.82, 2.24) is 0 Å². The molecule has 3 heteroatoms. The number of methoxy groups -OCH3 is 1. The first-order chi connectivity index (χ1) is 7.19. The summed E-state index contributed by atoms with van der Waals surface area (Å²) in [5, 5.41) is 0. The molecule has 0 spiro atoms. The van der Waals surface area contributed by atoms with E-state index in [1.807, 2.05) is 24.3 Å². The normalized spacial score (nSPS) is 13.1. The number of esters is 1. The highest BCUT2D eigenvalue weighted by atomic mass is 16.5. The van der Waals surface area contributed by atoms with E-state index in [0.717, 1.165) is 16.9 Å². The molecule has 0 unspecified atom stereocenters. The zero-order chi connectivity index (χ0) is 10.8. The number of benzene rings is 1. The van der Waals surface area contributed by atoms with E-state index in [2.05, 4.69) is 0 Å². The Bertz CT molecular complexity index is 432. The van der Waals surface area contributed by atoms with Crippen LogP contribution in [0.25, 0.3) is 6.08 Å². The Hall–Kier alpha value is -1.77. The van der Waals surface area contributed by atoms with Crippen LogP contribution in [0.4, 0.5) is 0 Å². The summed E-state index contributed by atoms with van der Waals surface area (Å²) in [6, 6.07) is 5.83. The Morgan fingerprint density at radius 3 is 2.87 bits per heavy atom. The molecule has 0 aromatic heterocycles. The molecule has 2 rings (SSSR count). The molecule has 0 heterocycles. The summed E-state index contributed by atoms with van der Waals surface area (Å²) in [6.45, 7) is 1.41. The molecule has 78 valence electrons. The molecular weight excluding hydrogens is 192 g/mol. The molecule has 0 saturated carbocycles. The maximum absolute atomic E-state index is 10.8. The Labute approximate surface area is 88.3 Å². The van der Waals surface area contributed by atoms with Crippen LogP contribution in [-0.4, -0.2) is 13.1 Å². The van der Waals surface area contributed by atoms with Crippen LogP contribution in [0.15, 0.2) is 24.0 Å². The second kappa shape index (κ2) is 3.77. The third-order valence-electron chi connectivity index (χ3n) is 2.31. The van der Waals surface area contributed by atoms with Gasteiger partial charge in [-0.3, -0.25) is 4.79 Å². The highest BCUT2D eigenvalue weighted by Gasteiger charge is 2.15. The molecule has 15 heavy (non-hydrogen) atoms. The van der Waals surface area contributed by atoms with E-state index in [-0.39, 0.29) is 5.97 Å². The van der Waals surface area contributed by atoms with Gasteiger partial charge in [0.15, 0.2) is 0 Å². The lowest BCUT2D eigenvalue weighted by atomic mass is 10.1. The predicted octanol–water partition coefficient (Wildman–Crippen LogP) is 2.16. The van der Waals surface area contributed by atoms with E-state index in [4.69, 9.17) is 9.47 Å². The fraction of sp³-hybridized carbons (Fsp3) is 0.250. The minimum absolute atomic E-state index is 0.277. The van der Waals surface area contributed by atoms with Crippen molar-refractivity contribution in [2.24, 2.45) is 0 Å². The number of ether oxygens (including phenoxy) is 2. The van der Waals surface area contributed by atoms with Crippen LogP contribution in [0, 0.1) is 0 Å². The predicted molar refractivity (Wildman–Crippen MR) is 56.4 cm³/mol. The van der Waals surface area contributed by atoms with E-state index < -0.39 is 0 Å². The molecule has 1 aromatic rings. The fourth-order valence-electron chi connectivity index (χ4n) is 1.66.